The van der Waals surface area contributed by atoms with Gasteiger partial charge in [-0.3, -0.25) is 0 Å². The Labute approximate surface area is 128 Å². The molecular formula is C14H19N5OS. The zero-order valence-corrected chi connectivity index (χ0v) is 13.2. The molecule has 21 heavy (non-hydrogen) atoms. The SMILES string of the molecule is CCCOc1nc(NC)nc(Nc2cccc(SC)c2)n1. The van der Waals surface area contributed by atoms with Crippen molar-refractivity contribution in [3.8, 4) is 6.01 Å². The summed E-state index contributed by atoms with van der Waals surface area (Å²) in [5.41, 5.74) is 0.927. The number of aromatic nitrogens is 3. The lowest BCUT2D eigenvalue weighted by Gasteiger charge is -2.09. The molecule has 2 N–H and O–H groups in total. The van der Waals surface area contributed by atoms with E-state index in [1.54, 1.807) is 18.8 Å². The molecule has 0 fully saturated rings. The highest BCUT2D eigenvalue weighted by Crippen LogP contribution is 2.22. The van der Waals surface area contributed by atoms with Gasteiger partial charge in [-0.25, -0.2) is 0 Å². The quantitative estimate of drug-likeness (QED) is 0.761. The van der Waals surface area contributed by atoms with Crippen LogP contribution in [0.4, 0.5) is 17.6 Å². The minimum Gasteiger partial charge on any atom is -0.463 e. The van der Waals surface area contributed by atoms with Crippen molar-refractivity contribution in [2.75, 3.05) is 30.5 Å². The monoisotopic (exact) mass is 305 g/mol. The molecule has 2 rings (SSSR count). The van der Waals surface area contributed by atoms with Gasteiger partial charge in [0.1, 0.15) is 0 Å². The van der Waals surface area contributed by atoms with Gasteiger partial charge in [-0.05, 0) is 30.9 Å². The third-order valence-corrected chi connectivity index (χ3v) is 3.33. The lowest BCUT2D eigenvalue weighted by molar-refractivity contribution is 0.292. The van der Waals surface area contributed by atoms with Crippen LogP contribution in [0.1, 0.15) is 13.3 Å². The number of thioether (sulfide) groups is 1. The number of hydrogen-bond acceptors (Lipinski definition) is 7. The van der Waals surface area contributed by atoms with Crippen LogP contribution in [-0.4, -0.2) is 34.9 Å². The molecule has 0 radical (unpaired) electrons. The second kappa shape index (κ2) is 7.68. The Hall–Kier alpha value is -2.02. The lowest BCUT2D eigenvalue weighted by Crippen LogP contribution is -2.07. The summed E-state index contributed by atoms with van der Waals surface area (Å²) in [6.45, 7) is 2.61. The highest BCUT2D eigenvalue weighted by atomic mass is 32.2. The maximum Gasteiger partial charge on any atom is 0.323 e. The molecule has 0 spiro atoms. The van der Waals surface area contributed by atoms with Gasteiger partial charge in [-0.15, -0.1) is 11.8 Å². The van der Waals surface area contributed by atoms with Gasteiger partial charge in [0.25, 0.3) is 0 Å². The maximum atomic E-state index is 5.47. The average Bonchev–Trinajstić information content (AvgIpc) is 2.52. The molecule has 0 saturated heterocycles. The smallest absolute Gasteiger partial charge is 0.323 e. The fourth-order valence-electron chi connectivity index (χ4n) is 1.61. The van der Waals surface area contributed by atoms with E-state index in [1.807, 2.05) is 31.4 Å². The molecule has 0 bridgehead atoms. The summed E-state index contributed by atoms with van der Waals surface area (Å²) in [6, 6.07) is 8.37. The van der Waals surface area contributed by atoms with E-state index in [2.05, 4.69) is 31.7 Å². The van der Waals surface area contributed by atoms with Gasteiger partial charge in [0.15, 0.2) is 0 Å². The molecule has 1 aromatic carbocycles. The second-order valence-corrected chi connectivity index (χ2v) is 5.10. The number of nitrogens with zero attached hydrogens (tertiary/aromatic N) is 3. The van der Waals surface area contributed by atoms with Crippen LogP contribution in [0.15, 0.2) is 29.2 Å². The first-order valence-corrected chi connectivity index (χ1v) is 7.95. The Bertz CT molecular complexity index is 593. The Morgan fingerprint density at radius 1 is 1.19 bits per heavy atom. The van der Waals surface area contributed by atoms with Gasteiger partial charge in [0, 0.05) is 17.6 Å². The lowest BCUT2D eigenvalue weighted by atomic mass is 10.3. The largest absolute Gasteiger partial charge is 0.463 e. The van der Waals surface area contributed by atoms with Gasteiger partial charge in [-0.1, -0.05) is 13.0 Å². The Morgan fingerprint density at radius 3 is 2.71 bits per heavy atom. The van der Waals surface area contributed by atoms with Crippen molar-refractivity contribution in [2.45, 2.75) is 18.2 Å². The maximum absolute atomic E-state index is 5.47. The summed E-state index contributed by atoms with van der Waals surface area (Å²) < 4.78 is 5.47. The fraction of sp³-hybridized carbons (Fsp3) is 0.357. The predicted octanol–water partition coefficient (Wildman–Crippen LogP) is 3.17. The van der Waals surface area contributed by atoms with E-state index in [1.165, 1.54) is 4.90 Å². The number of benzene rings is 1. The summed E-state index contributed by atoms with van der Waals surface area (Å²) in [5, 5.41) is 6.08. The van der Waals surface area contributed by atoms with Gasteiger partial charge < -0.3 is 15.4 Å². The van der Waals surface area contributed by atoms with Gasteiger partial charge in [0.2, 0.25) is 11.9 Å². The van der Waals surface area contributed by atoms with Crippen LogP contribution in [0.3, 0.4) is 0 Å². The molecule has 0 aliphatic rings. The van der Waals surface area contributed by atoms with E-state index in [0.29, 0.717) is 24.5 Å². The topological polar surface area (TPSA) is 72.0 Å². The molecule has 0 aliphatic carbocycles. The van der Waals surface area contributed by atoms with Crippen LogP contribution in [-0.2, 0) is 0 Å². The normalized spacial score (nSPS) is 10.2. The van der Waals surface area contributed by atoms with E-state index < -0.39 is 0 Å². The van der Waals surface area contributed by atoms with Gasteiger partial charge in [0.05, 0.1) is 6.61 Å². The van der Waals surface area contributed by atoms with E-state index in [-0.39, 0.29) is 0 Å². The summed E-state index contributed by atoms with van der Waals surface area (Å²) in [5.74, 6) is 0.929. The van der Waals surface area contributed by atoms with Crippen molar-refractivity contribution < 1.29 is 4.74 Å². The number of ether oxygens (including phenoxy) is 1. The molecule has 0 saturated carbocycles. The molecule has 0 aliphatic heterocycles. The van der Waals surface area contributed by atoms with Crippen LogP contribution >= 0.6 is 11.8 Å². The van der Waals surface area contributed by atoms with Crippen molar-refractivity contribution >= 4 is 29.3 Å². The number of hydrogen-bond donors (Lipinski definition) is 2. The highest BCUT2D eigenvalue weighted by molar-refractivity contribution is 7.98. The Morgan fingerprint density at radius 2 is 2.00 bits per heavy atom. The predicted molar refractivity (Wildman–Crippen MR) is 86.7 cm³/mol. The first kappa shape index (κ1) is 15.4. The molecule has 0 unspecified atom stereocenters. The molecule has 0 amide bonds. The van der Waals surface area contributed by atoms with Crippen LogP contribution in [0.2, 0.25) is 0 Å². The van der Waals surface area contributed by atoms with Crippen LogP contribution in [0, 0.1) is 0 Å². The molecule has 1 heterocycles. The zero-order chi connectivity index (χ0) is 15.1. The standard InChI is InChI=1S/C14H19N5OS/c1-4-8-20-14-18-12(15-2)17-13(19-14)16-10-6-5-7-11(9-10)21-3/h5-7,9H,4,8H2,1-3H3,(H2,15,16,17,18,19). The molecule has 6 nitrogen and oxygen atoms in total. The van der Waals surface area contributed by atoms with Gasteiger partial charge >= 0.3 is 6.01 Å². The summed E-state index contributed by atoms with van der Waals surface area (Å²) in [6.07, 6.45) is 2.94. The summed E-state index contributed by atoms with van der Waals surface area (Å²) in [4.78, 5) is 13.9. The Balaban J connectivity index is 2.21. The van der Waals surface area contributed by atoms with E-state index in [0.717, 1.165) is 12.1 Å². The minimum atomic E-state index is 0.319. The van der Waals surface area contributed by atoms with E-state index >= 15 is 0 Å². The average molecular weight is 305 g/mol. The summed E-state index contributed by atoms with van der Waals surface area (Å²) in [7, 11) is 1.76. The number of rotatable bonds is 7. The van der Waals surface area contributed by atoms with Crippen molar-refractivity contribution in [1.82, 2.24) is 15.0 Å². The van der Waals surface area contributed by atoms with Crippen LogP contribution in [0.5, 0.6) is 6.01 Å². The van der Waals surface area contributed by atoms with Crippen LogP contribution in [0.25, 0.3) is 0 Å². The van der Waals surface area contributed by atoms with Crippen molar-refractivity contribution in [3.05, 3.63) is 24.3 Å². The molecule has 7 heteroatoms. The first-order valence-electron chi connectivity index (χ1n) is 6.73. The highest BCUT2D eigenvalue weighted by Gasteiger charge is 2.07. The third-order valence-electron chi connectivity index (χ3n) is 2.60. The second-order valence-electron chi connectivity index (χ2n) is 4.22. The van der Waals surface area contributed by atoms with Crippen molar-refractivity contribution in [3.63, 3.8) is 0 Å². The van der Waals surface area contributed by atoms with Crippen molar-refractivity contribution in [2.24, 2.45) is 0 Å². The molecule has 1 aromatic heterocycles. The van der Waals surface area contributed by atoms with Crippen molar-refractivity contribution in [1.29, 1.82) is 0 Å². The summed E-state index contributed by atoms with van der Waals surface area (Å²) >= 11 is 1.69. The number of nitrogens with one attached hydrogen (secondary N) is 2. The fourth-order valence-corrected chi connectivity index (χ4v) is 2.07. The van der Waals surface area contributed by atoms with Crippen LogP contribution < -0.4 is 15.4 Å². The number of anilines is 3. The molecular weight excluding hydrogens is 286 g/mol. The molecule has 0 atom stereocenters. The molecule has 2 aromatic rings. The third kappa shape index (κ3) is 4.49. The molecule has 112 valence electrons. The van der Waals surface area contributed by atoms with Gasteiger partial charge in [-0.2, -0.15) is 15.0 Å². The first-order chi connectivity index (χ1) is 10.2. The Kier molecular flexibility index (Phi) is 5.62. The van der Waals surface area contributed by atoms with E-state index in [9.17, 15) is 0 Å². The minimum absolute atomic E-state index is 0.319. The van der Waals surface area contributed by atoms with E-state index in [4.69, 9.17) is 4.74 Å². The zero-order valence-electron chi connectivity index (χ0n) is 12.4.